The van der Waals surface area contributed by atoms with Crippen LogP contribution in [0.25, 0.3) is 0 Å². The van der Waals surface area contributed by atoms with Crippen LogP contribution in [0.5, 0.6) is 0 Å². The van der Waals surface area contributed by atoms with Gasteiger partial charge in [0.05, 0.1) is 6.04 Å². The fraction of sp³-hybridized carbons (Fsp3) is 0.417. The molecule has 0 aromatic heterocycles. The Morgan fingerprint density at radius 1 is 1.44 bits per heavy atom. The predicted octanol–water partition coefficient (Wildman–Crippen LogP) is 1.00. The van der Waals surface area contributed by atoms with Gasteiger partial charge in [-0.2, -0.15) is 0 Å². The van der Waals surface area contributed by atoms with Crippen LogP contribution in [0.4, 0.5) is 4.39 Å². The molecule has 16 heavy (non-hydrogen) atoms. The summed E-state index contributed by atoms with van der Waals surface area (Å²) in [5.41, 5.74) is 1.05. The maximum absolute atomic E-state index is 12.9. The first kappa shape index (κ1) is 11.1. The standard InChI is InChI=1S/C12H15FN2O/c13-10-6-11(14-8-10)12(16)15-7-9-4-2-1-3-5-9/h1-5,10-11,14H,6-8H2,(H,15,16)/t10-,11+/m1/s1. The molecule has 0 unspecified atom stereocenters. The highest BCUT2D eigenvalue weighted by Crippen LogP contribution is 2.10. The Balaban J connectivity index is 1.80. The van der Waals surface area contributed by atoms with Gasteiger partial charge in [-0.05, 0) is 5.56 Å². The lowest BCUT2D eigenvalue weighted by Gasteiger charge is -2.10. The largest absolute Gasteiger partial charge is 0.351 e. The van der Waals surface area contributed by atoms with Crippen LogP contribution in [0.1, 0.15) is 12.0 Å². The summed E-state index contributed by atoms with van der Waals surface area (Å²) in [6.45, 7) is 0.776. The molecule has 1 heterocycles. The fourth-order valence-electron chi connectivity index (χ4n) is 1.80. The number of hydrogen-bond donors (Lipinski definition) is 2. The highest BCUT2D eigenvalue weighted by atomic mass is 19.1. The van der Waals surface area contributed by atoms with Crippen LogP contribution < -0.4 is 10.6 Å². The summed E-state index contributed by atoms with van der Waals surface area (Å²) in [6.07, 6.45) is -0.617. The number of alkyl halides is 1. The third-order valence-electron chi connectivity index (χ3n) is 2.70. The summed E-state index contributed by atoms with van der Waals surface area (Å²) in [6, 6.07) is 9.29. The van der Waals surface area contributed by atoms with E-state index < -0.39 is 6.17 Å². The molecule has 0 radical (unpaired) electrons. The molecule has 1 aliphatic heterocycles. The van der Waals surface area contributed by atoms with Gasteiger partial charge in [-0.15, -0.1) is 0 Å². The topological polar surface area (TPSA) is 41.1 Å². The van der Waals surface area contributed by atoms with E-state index in [2.05, 4.69) is 10.6 Å². The number of halogens is 1. The molecule has 1 saturated heterocycles. The monoisotopic (exact) mass is 222 g/mol. The molecule has 0 aliphatic carbocycles. The lowest BCUT2D eigenvalue weighted by atomic mass is 10.2. The smallest absolute Gasteiger partial charge is 0.237 e. The van der Waals surface area contributed by atoms with E-state index in [9.17, 15) is 9.18 Å². The SMILES string of the molecule is O=C(NCc1ccccc1)[C@@H]1C[C@@H](F)CN1. The molecule has 1 amide bonds. The number of carbonyl (C=O) groups is 1. The van der Waals surface area contributed by atoms with Gasteiger partial charge in [0.1, 0.15) is 6.17 Å². The van der Waals surface area contributed by atoms with E-state index >= 15 is 0 Å². The molecule has 1 aromatic carbocycles. The number of amides is 1. The predicted molar refractivity (Wildman–Crippen MR) is 59.6 cm³/mol. The molecule has 1 aromatic rings. The first-order chi connectivity index (χ1) is 7.75. The van der Waals surface area contributed by atoms with Gasteiger partial charge in [0.25, 0.3) is 0 Å². The first-order valence-corrected chi connectivity index (χ1v) is 5.45. The molecule has 0 bridgehead atoms. The van der Waals surface area contributed by atoms with Crippen molar-refractivity contribution in [3.8, 4) is 0 Å². The van der Waals surface area contributed by atoms with E-state index in [4.69, 9.17) is 0 Å². The summed E-state index contributed by atoms with van der Waals surface area (Å²) >= 11 is 0. The summed E-state index contributed by atoms with van der Waals surface area (Å²) < 4.78 is 12.9. The quantitative estimate of drug-likeness (QED) is 0.801. The highest BCUT2D eigenvalue weighted by molar-refractivity contribution is 5.82. The van der Waals surface area contributed by atoms with Crippen molar-refractivity contribution in [2.45, 2.75) is 25.2 Å². The Morgan fingerprint density at radius 3 is 2.81 bits per heavy atom. The average Bonchev–Trinajstić information content (AvgIpc) is 2.74. The molecule has 0 spiro atoms. The molecule has 1 fully saturated rings. The van der Waals surface area contributed by atoms with Crippen molar-refractivity contribution in [1.29, 1.82) is 0 Å². The molecule has 2 N–H and O–H groups in total. The Hall–Kier alpha value is -1.42. The van der Waals surface area contributed by atoms with E-state index in [-0.39, 0.29) is 24.9 Å². The fourth-order valence-corrected chi connectivity index (χ4v) is 1.80. The minimum absolute atomic E-state index is 0.121. The van der Waals surface area contributed by atoms with E-state index in [0.717, 1.165) is 5.56 Å². The molecule has 86 valence electrons. The zero-order valence-electron chi connectivity index (χ0n) is 8.95. The van der Waals surface area contributed by atoms with Gasteiger partial charge in [-0.25, -0.2) is 4.39 Å². The number of benzene rings is 1. The van der Waals surface area contributed by atoms with Crippen molar-refractivity contribution in [2.24, 2.45) is 0 Å². The second-order valence-electron chi connectivity index (χ2n) is 4.00. The maximum Gasteiger partial charge on any atom is 0.237 e. The van der Waals surface area contributed by atoms with Gasteiger partial charge >= 0.3 is 0 Å². The number of carbonyl (C=O) groups excluding carboxylic acids is 1. The first-order valence-electron chi connectivity index (χ1n) is 5.45. The van der Waals surface area contributed by atoms with Crippen LogP contribution in [0.2, 0.25) is 0 Å². The molecular weight excluding hydrogens is 207 g/mol. The van der Waals surface area contributed by atoms with Gasteiger partial charge in [0, 0.05) is 19.5 Å². The van der Waals surface area contributed by atoms with Crippen LogP contribution in [0.3, 0.4) is 0 Å². The Labute approximate surface area is 94.0 Å². The molecule has 2 atom stereocenters. The summed E-state index contributed by atoms with van der Waals surface area (Å²) in [4.78, 5) is 11.6. The van der Waals surface area contributed by atoms with Crippen molar-refractivity contribution < 1.29 is 9.18 Å². The van der Waals surface area contributed by atoms with Crippen LogP contribution in [-0.4, -0.2) is 24.7 Å². The van der Waals surface area contributed by atoms with Gasteiger partial charge in [0.2, 0.25) is 5.91 Å². The molecule has 3 nitrogen and oxygen atoms in total. The van der Waals surface area contributed by atoms with Crippen molar-refractivity contribution in [1.82, 2.24) is 10.6 Å². The number of rotatable bonds is 3. The zero-order chi connectivity index (χ0) is 11.4. The second kappa shape index (κ2) is 5.07. The molecule has 0 saturated carbocycles. The molecule has 2 rings (SSSR count). The second-order valence-corrected chi connectivity index (χ2v) is 4.00. The normalized spacial score (nSPS) is 24.3. The Morgan fingerprint density at radius 2 is 2.19 bits per heavy atom. The van der Waals surface area contributed by atoms with E-state index in [1.807, 2.05) is 30.3 Å². The van der Waals surface area contributed by atoms with Crippen molar-refractivity contribution >= 4 is 5.91 Å². The summed E-state index contributed by atoms with van der Waals surface area (Å²) in [5.74, 6) is -0.121. The molecule has 1 aliphatic rings. The Kier molecular flexibility index (Phi) is 3.51. The summed E-state index contributed by atoms with van der Waals surface area (Å²) in [7, 11) is 0. The van der Waals surface area contributed by atoms with Gasteiger partial charge < -0.3 is 10.6 Å². The number of nitrogens with one attached hydrogen (secondary N) is 2. The van der Waals surface area contributed by atoms with Gasteiger partial charge in [-0.1, -0.05) is 30.3 Å². The molecule has 4 heteroatoms. The van der Waals surface area contributed by atoms with Gasteiger partial charge in [-0.3, -0.25) is 4.79 Å². The molecular formula is C12H15FN2O. The van der Waals surface area contributed by atoms with E-state index in [1.54, 1.807) is 0 Å². The minimum atomic E-state index is -0.896. The summed E-state index contributed by atoms with van der Waals surface area (Å²) in [5, 5.41) is 5.65. The number of hydrogen-bond acceptors (Lipinski definition) is 2. The van der Waals surface area contributed by atoms with Crippen molar-refractivity contribution in [3.63, 3.8) is 0 Å². The highest BCUT2D eigenvalue weighted by Gasteiger charge is 2.28. The lowest BCUT2D eigenvalue weighted by molar-refractivity contribution is -0.123. The van der Waals surface area contributed by atoms with Gasteiger partial charge in [0.15, 0.2) is 0 Å². The van der Waals surface area contributed by atoms with Crippen LogP contribution in [0.15, 0.2) is 30.3 Å². The third-order valence-corrected chi connectivity index (χ3v) is 2.70. The average molecular weight is 222 g/mol. The van der Waals surface area contributed by atoms with Crippen LogP contribution in [0, 0.1) is 0 Å². The Bertz CT molecular complexity index is 355. The van der Waals surface area contributed by atoms with Crippen LogP contribution >= 0.6 is 0 Å². The lowest BCUT2D eigenvalue weighted by Crippen LogP contribution is -2.39. The van der Waals surface area contributed by atoms with E-state index in [1.165, 1.54) is 0 Å². The van der Waals surface area contributed by atoms with Crippen LogP contribution in [-0.2, 0) is 11.3 Å². The van der Waals surface area contributed by atoms with E-state index in [0.29, 0.717) is 6.54 Å². The third kappa shape index (κ3) is 2.79. The minimum Gasteiger partial charge on any atom is -0.351 e. The van der Waals surface area contributed by atoms with Crippen molar-refractivity contribution in [2.75, 3.05) is 6.54 Å². The zero-order valence-corrected chi connectivity index (χ0v) is 8.95. The maximum atomic E-state index is 12.9. The van der Waals surface area contributed by atoms with Crippen molar-refractivity contribution in [3.05, 3.63) is 35.9 Å².